The summed E-state index contributed by atoms with van der Waals surface area (Å²) >= 11 is 0. The molecule has 2 heterocycles. The standard InChI is InChI=1S/C24H20N2O5/c1-29-19-5-3-4-6-20(19)31-22-10-8-16-13-15(7-9-17(16)26-22)14-18(27)23-24(28)21(30-2)11-12-25-23/h3-13,28H,14H2,1-2H3. The molecule has 0 amide bonds. The SMILES string of the molecule is COc1ccccc1Oc1ccc2cc(CC(=O)c3nccc(OC)c3O)ccc2n1. The molecule has 0 atom stereocenters. The van der Waals surface area contributed by atoms with Crippen LogP contribution in [0.25, 0.3) is 10.9 Å². The van der Waals surface area contributed by atoms with Crippen molar-refractivity contribution >= 4 is 16.7 Å². The van der Waals surface area contributed by atoms with E-state index in [9.17, 15) is 9.90 Å². The average Bonchev–Trinajstić information content (AvgIpc) is 2.79. The van der Waals surface area contributed by atoms with E-state index in [0.29, 0.717) is 17.4 Å². The van der Waals surface area contributed by atoms with E-state index in [1.54, 1.807) is 19.2 Å². The molecule has 2 aromatic heterocycles. The van der Waals surface area contributed by atoms with E-state index >= 15 is 0 Å². The van der Waals surface area contributed by atoms with E-state index in [4.69, 9.17) is 14.2 Å². The lowest BCUT2D eigenvalue weighted by molar-refractivity contribution is 0.0984. The van der Waals surface area contributed by atoms with Crippen LogP contribution in [0.15, 0.2) is 66.9 Å². The van der Waals surface area contributed by atoms with Gasteiger partial charge in [0.05, 0.1) is 19.7 Å². The topological polar surface area (TPSA) is 90.8 Å². The van der Waals surface area contributed by atoms with Crippen LogP contribution in [0.4, 0.5) is 0 Å². The molecule has 156 valence electrons. The number of ketones is 1. The Morgan fingerprint density at radius 2 is 1.71 bits per heavy atom. The van der Waals surface area contributed by atoms with E-state index < -0.39 is 0 Å². The van der Waals surface area contributed by atoms with Crippen LogP contribution >= 0.6 is 0 Å². The van der Waals surface area contributed by atoms with Gasteiger partial charge in [0, 0.05) is 30.1 Å². The Bertz CT molecular complexity index is 1260. The number of pyridine rings is 2. The van der Waals surface area contributed by atoms with Gasteiger partial charge in [0.15, 0.2) is 34.5 Å². The molecule has 0 saturated heterocycles. The number of methoxy groups -OCH3 is 2. The van der Waals surface area contributed by atoms with Gasteiger partial charge in [0.2, 0.25) is 5.88 Å². The van der Waals surface area contributed by atoms with Crippen molar-refractivity contribution in [1.29, 1.82) is 0 Å². The molecule has 7 nitrogen and oxygen atoms in total. The average molecular weight is 416 g/mol. The number of carbonyl (C=O) groups is 1. The Kier molecular flexibility index (Phi) is 5.66. The van der Waals surface area contributed by atoms with Crippen LogP contribution in [0, 0.1) is 0 Å². The van der Waals surface area contributed by atoms with Gasteiger partial charge in [-0.25, -0.2) is 9.97 Å². The van der Waals surface area contributed by atoms with Crippen molar-refractivity contribution in [1.82, 2.24) is 9.97 Å². The highest BCUT2D eigenvalue weighted by Crippen LogP contribution is 2.31. The van der Waals surface area contributed by atoms with E-state index in [1.165, 1.54) is 19.4 Å². The Hall–Kier alpha value is -4.13. The van der Waals surface area contributed by atoms with Gasteiger partial charge in [-0.2, -0.15) is 0 Å². The van der Waals surface area contributed by atoms with Crippen LogP contribution < -0.4 is 14.2 Å². The number of fused-ring (bicyclic) bond motifs is 1. The van der Waals surface area contributed by atoms with Crippen molar-refractivity contribution in [2.45, 2.75) is 6.42 Å². The third kappa shape index (κ3) is 4.25. The van der Waals surface area contributed by atoms with Gasteiger partial charge in [-0.05, 0) is 35.9 Å². The fourth-order valence-electron chi connectivity index (χ4n) is 3.21. The molecular formula is C24H20N2O5. The molecule has 0 aliphatic rings. The quantitative estimate of drug-likeness (QED) is 0.441. The van der Waals surface area contributed by atoms with Crippen LogP contribution in [0.1, 0.15) is 16.1 Å². The monoisotopic (exact) mass is 416 g/mol. The zero-order valence-corrected chi connectivity index (χ0v) is 17.0. The molecule has 4 aromatic rings. The summed E-state index contributed by atoms with van der Waals surface area (Å²) in [6.07, 6.45) is 1.52. The number of para-hydroxylation sites is 2. The summed E-state index contributed by atoms with van der Waals surface area (Å²) in [5.74, 6) is 1.28. The summed E-state index contributed by atoms with van der Waals surface area (Å²) in [6, 6.07) is 18.0. The molecule has 4 rings (SSSR count). The summed E-state index contributed by atoms with van der Waals surface area (Å²) in [5.41, 5.74) is 1.49. The molecule has 0 saturated carbocycles. The second-order valence-corrected chi connectivity index (χ2v) is 6.74. The first kappa shape index (κ1) is 20.2. The van der Waals surface area contributed by atoms with Crippen molar-refractivity contribution in [3.05, 3.63) is 78.1 Å². The molecule has 0 unspecified atom stereocenters. The maximum atomic E-state index is 12.6. The van der Waals surface area contributed by atoms with E-state index in [0.717, 1.165) is 16.5 Å². The number of nitrogens with zero attached hydrogens (tertiary/aromatic N) is 2. The number of ether oxygens (including phenoxy) is 3. The van der Waals surface area contributed by atoms with Gasteiger partial charge >= 0.3 is 0 Å². The number of hydrogen-bond donors (Lipinski definition) is 1. The highest BCUT2D eigenvalue weighted by atomic mass is 16.5. The van der Waals surface area contributed by atoms with Crippen molar-refractivity contribution in [2.75, 3.05) is 14.2 Å². The van der Waals surface area contributed by atoms with Crippen molar-refractivity contribution in [2.24, 2.45) is 0 Å². The van der Waals surface area contributed by atoms with Crippen LogP contribution in [-0.2, 0) is 6.42 Å². The molecule has 0 spiro atoms. The molecule has 31 heavy (non-hydrogen) atoms. The van der Waals surface area contributed by atoms with Crippen LogP contribution in [0.5, 0.6) is 28.9 Å². The number of hydrogen-bond acceptors (Lipinski definition) is 7. The summed E-state index contributed by atoms with van der Waals surface area (Å²) in [4.78, 5) is 21.2. The Balaban J connectivity index is 1.55. The maximum absolute atomic E-state index is 12.6. The van der Waals surface area contributed by atoms with Crippen LogP contribution in [0.2, 0.25) is 0 Å². The van der Waals surface area contributed by atoms with E-state index in [2.05, 4.69) is 9.97 Å². The second kappa shape index (κ2) is 8.71. The summed E-state index contributed by atoms with van der Waals surface area (Å²) in [5, 5.41) is 11.0. The van der Waals surface area contributed by atoms with Crippen molar-refractivity contribution < 1.29 is 24.1 Å². The smallest absolute Gasteiger partial charge is 0.219 e. The summed E-state index contributed by atoms with van der Waals surface area (Å²) < 4.78 is 16.2. The van der Waals surface area contributed by atoms with E-state index in [-0.39, 0.29) is 29.4 Å². The van der Waals surface area contributed by atoms with Gasteiger partial charge in [0.25, 0.3) is 0 Å². The molecule has 0 bridgehead atoms. The minimum Gasteiger partial charge on any atom is -0.503 e. The number of aromatic hydroxyl groups is 1. The minimum absolute atomic E-state index is 0.0156. The predicted molar refractivity (Wildman–Crippen MR) is 115 cm³/mol. The first-order valence-electron chi connectivity index (χ1n) is 9.54. The van der Waals surface area contributed by atoms with Crippen molar-refractivity contribution in [3.8, 4) is 28.9 Å². The number of rotatable bonds is 7. The highest BCUT2D eigenvalue weighted by molar-refractivity contribution is 5.99. The molecule has 1 N–H and O–H groups in total. The molecule has 0 radical (unpaired) electrons. The zero-order valence-electron chi connectivity index (χ0n) is 17.0. The molecule has 7 heteroatoms. The predicted octanol–water partition coefficient (Wildman–Crippen LogP) is 4.57. The lowest BCUT2D eigenvalue weighted by Crippen LogP contribution is -2.07. The number of benzene rings is 2. The Morgan fingerprint density at radius 3 is 2.48 bits per heavy atom. The molecule has 0 aliphatic heterocycles. The summed E-state index contributed by atoms with van der Waals surface area (Å²) in [6.45, 7) is 0. The van der Waals surface area contributed by atoms with Crippen molar-refractivity contribution in [3.63, 3.8) is 0 Å². The summed E-state index contributed by atoms with van der Waals surface area (Å²) in [7, 11) is 3.01. The molecule has 0 fully saturated rings. The highest BCUT2D eigenvalue weighted by Gasteiger charge is 2.17. The normalized spacial score (nSPS) is 10.6. The van der Waals surface area contributed by atoms with Gasteiger partial charge in [-0.1, -0.05) is 18.2 Å². The van der Waals surface area contributed by atoms with Gasteiger partial charge in [-0.3, -0.25) is 4.79 Å². The first-order valence-corrected chi connectivity index (χ1v) is 9.54. The Labute approximate surface area is 178 Å². The third-order valence-electron chi connectivity index (χ3n) is 4.75. The maximum Gasteiger partial charge on any atom is 0.219 e. The zero-order chi connectivity index (χ0) is 21.8. The minimum atomic E-state index is -0.306. The number of aromatic nitrogens is 2. The van der Waals surface area contributed by atoms with Crippen LogP contribution in [-0.4, -0.2) is 35.1 Å². The van der Waals surface area contributed by atoms with E-state index in [1.807, 2.05) is 42.5 Å². The lowest BCUT2D eigenvalue weighted by Gasteiger charge is -2.10. The Morgan fingerprint density at radius 1 is 0.935 bits per heavy atom. The number of carbonyl (C=O) groups excluding carboxylic acids is 1. The molecule has 2 aromatic carbocycles. The van der Waals surface area contributed by atoms with Crippen LogP contribution in [0.3, 0.4) is 0 Å². The van der Waals surface area contributed by atoms with Gasteiger partial charge in [0.1, 0.15) is 0 Å². The van der Waals surface area contributed by atoms with Gasteiger partial charge < -0.3 is 19.3 Å². The molecule has 0 aliphatic carbocycles. The van der Waals surface area contributed by atoms with Gasteiger partial charge in [-0.15, -0.1) is 0 Å². The third-order valence-corrected chi connectivity index (χ3v) is 4.75. The lowest BCUT2D eigenvalue weighted by atomic mass is 10.0. The largest absolute Gasteiger partial charge is 0.503 e. The number of Topliss-reactive ketones (excluding diaryl/α,β-unsaturated/α-hetero) is 1. The molecular weight excluding hydrogens is 396 g/mol. The first-order chi connectivity index (χ1) is 15.1. The second-order valence-electron chi connectivity index (χ2n) is 6.74. The fourth-order valence-corrected chi connectivity index (χ4v) is 3.21. The fraction of sp³-hybridized carbons (Fsp3) is 0.125.